The smallest absolute Gasteiger partial charge is 0.226 e. The second-order valence-corrected chi connectivity index (χ2v) is 4.83. The van der Waals surface area contributed by atoms with Gasteiger partial charge < -0.3 is 20.1 Å². The molecule has 1 fully saturated rings. The molecule has 0 aliphatic carbocycles. The molecule has 0 bridgehead atoms. The third-order valence-corrected chi connectivity index (χ3v) is 3.43. The Labute approximate surface area is 103 Å². The van der Waals surface area contributed by atoms with E-state index in [1.807, 2.05) is 6.92 Å². The summed E-state index contributed by atoms with van der Waals surface area (Å²) in [4.78, 5) is 12.1. The van der Waals surface area contributed by atoms with Crippen LogP contribution in [0.1, 0.15) is 19.8 Å². The third-order valence-electron chi connectivity index (χ3n) is 3.43. The Morgan fingerprint density at radius 2 is 2.06 bits per heavy atom. The largest absolute Gasteiger partial charge is 0.382 e. The molecule has 17 heavy (non-hydrogen) atoms. The Kier molecular flexibility index (Phi) is 5.88. The van der Waals surface area contributed by atoms with Crippen molar-refractivity contribution in [2.24, 2.45) is 5.41 Å². The molecule has 0 aromatic carbocycles. The van der Waals surface area contributed by atoms with Gasteiger partial charge in [0.05, 0.1) is 12.7 Å². The molecule has 1 rings (SSSR count). The van der Waals surface area contributed by atoms with Gasteiger partial charge in [0.2, 0.25) is 5.91 Å². The van der Waals surface area contributed by atoms with Crippen molar-refractivity contribution in [3.63, 3.8) is 0 Å². The van der Waals surface area contributed by atoms with Crippen molar-refractivity contribution in [2.45, 2.75) is 25.9 Å². The minimum Gasteiger partial charge on any atom is -0.382 e. The molecule has 0 aromatic rings. The van der Waals surface area contributed by atoms with E-state index in [9.17, 15) is 4.79 Å². The average Bonchev–Trinajstić information content (AvgIpc) is 2.35. The van der Waals surface area contributed by atoms with Crippen LogP contribution >= 0.6 is 0 Å². The second kappa shape index (κ2) is 6.93. The maximum atomic E-state index is 12.1. The van der Waals surface area contributed by atoms with E-state index in [0.717, 1.165) is 25.9 Å². The number of hydrogen-bond acceptors (Lipinski definition) is 4. The van der Waals surface area contributed by atoms with E-state index in [0.29, 0.717) is 13.2 Å². The number of carbonyl (C=O) groups excluding carboxylic acids is 1. The number of amides is 1. The van der Waals surface area contributed by atoms with Crippen LogP contribution in [0, 0.1) is 5.41 Å². The van der Waals surface area contributed by atoms with Crippen molar-refractivity contribution < 1.29 is 14.3 Å². The lowest BCUT2D eigenvalue weighted by atomic mass is 9.80. The van der Waals surface area contributed by atoms with Gasteiger partial charge in [-0.3, -0.25) is 4.79 Å². The van der Waals surface area contributed by atoms with Crippen LogP contribution in [0.2, 0.25) is 0 Å². The molecule has 2 N–H and O–H groups in total. The van der Waals surface area contributed by atoms with E-state index in [1.54, 1.807) is 14.2 Å². The molecular weight excluding hydrogens is 220 g/mol. The first-order valence-corrected chi connectivity index (χ1v) is 6.13. The Morgan fingerprint density at radius 3 is 2.59 bits per heavy atom. The van der Waals surface area contributed by atoms with Crippen molar-refractivity contribution in [1.29, 1.82) is 0 Å². The molecule has 1 atom stereocenters. The zero-order valence-electron chi connectivity index (χ0n) is 11.0. The quantitative estimate of drug-likeness (QED) is 0.698. The first-order valence-electron chi connectivity index (χ1n) is 6.13. The summed E-state index contributed by atoms with van der Waals surface area (Å²) in [5.41, 5.74) is -0.239. The van der Waals surface area contributed by atoms with Crippen molar-refractivity contribution in [3.05, 3.63) is 0 Å². The minimum atomic E-state index is -0.239. The fourth-order valence-corrected chi connectivity index (χ4v) is 2.02. The standard InChI is InChI=1S/C12H24N2O3/c1-12(4-6-13-7-5-12)11(15)14-8-10(17-3)9-16-2/h10,13H,4-9H2,1-3H3,(H,14,15). The molecule has 100 valence electrons. The maximum absolute atomic E-state index is 12.1. The molecule has 1 heterocycles. The lowest BCUT2D eigenvalue weighted by Crippen LogP contribution is -2.48. The molecule has 0 spiro atoms. The summed E-state index contributed by atoms with van der Waals surface area (Å²) in [6.45, 7) is 4.86. The van der Waals surface area contributed by atoms with Crippen LogP contribution in [0.15, 0.2) is 0 Å². The van der Waals surface area contributed by atoms with Crippen molar-refractivity contribution in [2.75, 3.05) is 40.5 Å². The zero-order chi connectivity index (χ0) is 12.7. The topological polar surface area (TPSA) is 59.6 Å². The number of piperidine rings is 1. The van der Waals surface area contributed by atoms with Gasteiger partial charge in [0.15, 0.2) is 0 Å². The Bertz CT molecular complexity index is 240. The lowest BCUT2D eigenvalue weighted by molar-refractivity contribution is -0.132. The molecule has 0 radical (unpaired) electrons. The van der Waals surface area contributed by atoms with Gasteiger partial charge in [-0.25, -0.2) is 0 Å². The van der Waals surface area contributed by atoms with Crippen LogP contribution in [-0.2, 0) is 14.3 Å². The highest BCUT2D eigenvalue weighted by Crippen LogP contribution is 2.27. The van der Waals surface area contributed by atoms with E-state index < -0.39 is 0 Å². The molecule has 1 amide bonds. The fourth-order valence-electron chi connectivity index (χ4n) is 2.02. The van der Waals surface area contributed by atoms with Gasteiger partial charge in [-0.1, -0.05) is 6.92 Å². The SMILES string of the molecule is COCC(CNC(=O)C1(C)CCNCC1)OC. The summed E-state index contributed by atoms with van der Waals surface area (Å²) in [6.07, 6.45) is 1.70. The molecule has 0 aromatic heterocycles. The van der Waals surface area contributed by atoms with Gasteiger partial charge in [0.25, 0.3) is 0 Å². The molecule has 5 nitrogen and oxygen atoms in total. The fraction of sp³-hybridized carbons (Fsp3) is 0.917. The van der Waals surface area contributed by atoms with Crippen LogP contribution in [0.25, 0.3) is 0 Å². The molecule has 1 aliphatic rings. The molecule has 1 aliphatic heterocycles. The van der Waals surface area contributed by atoms with E-state index >= 15 is 0 Å². The summed E-state index contributed by atoms with van der Waals surface area (Å²) < 4.78 is 10.2. The highest BCUT2D eigenvalue weighted by Gasteiger charge is 2.34. The number of rotatable bonds is 6. The summed E-state index contributed by atoms with van der Waals surface area (Å²) in [6, 6.07) is 0. The van der Waals surface area contributed by atoms with E-state index in [-0.39, 0.29) is 17.4 Å². The molecule has 5 heteroatoms. The summed E-state index contributed by atoms with van der Waals surface area (Å²) in [5.74, 6) is 0.122. The van der Waals surface area contributed by atoms with Gasteiger partial charge in [-0.2, -0.15) is 0 Å². The van der Waals surface area contributed by atoms with Crippen LogP contribution < -0.4 is 10.6 Å². The minimum absolute atomic E-state index is 0.0748. The Balaban J connectivity index is 2.37. The van der Waals surface area contributed by atoms with Gasteiger partial charge in [-0.15, -0.1) is 0 Å². The first-order chi connectivity index (χ1) is 8.12. The van der Waals surface area contributed by atoms with Crippen molar-refractivity contribution in [3.8, 4) is 0 Å². The molecular formula is C12H24N2O3. The third kappa shape index (κ3) is 4.26. The monoisotopic (exact) mass is 244 g/mol. The van der Waals surface area contributed by atoms with Gasteiger partial charge in [0.1, 0.15) is 0 Å². The molecule has 1 saturated heterocycles. The summed E-state index contributed by atoms with van der Waals surface area (Å²) in [7, 11) is 3.25. The van der Waals surface area contributed by atoms with Crippen LogP contribution in [0.3, 0.4) is 0 Å². The van der Waals surface area contributed by atoms with E-state index in [1.165, 1.54) is 0 Å². The number of methoxy groups -OCH3 is 2. The van der Waals surface area contributed by atoms with Crippen molar-refractivity contribution in [1.82, 2.24) is 10.6 Å². The summed E-state index contributed by atoms with van der Waals surface area (Å²) in [5, 5.41) is 6.22. The average molecular weight is 244 g/mol. The van der Waals surface area contributed by atoms with Gasteiger partial charge in [-0.05, 0) is 25.9 Å². The first kappa shape index (κ1) is 14.4. The lowest BCUT2D eigenvalue weighted by Gasteiger charge is -2.33. The number of hydrogen-bond donors (Lipinski definition) is 2. The highest BCUT2D eigenvalue weighted by molar-refractivity contribution is 5.82. The number of carbonyl (C=O) groups is 1. The predicted molar refractivity (Wildman–Crippen MR) is 65.9 cm³/mol. The maximum Gasteiger partial charge on any atom is 0.226 e. The van der Waals surface area contributed by atoms with Crippen LogP contribution in [0.5, 0.6) is 0 Å². The number of nitrogens with one attached hydrogen (secondary N) is 2. The van der Waals surface area contributed by atoms with E-state index in [2.05, 4.69) is 10.6 Å². The predicted octanol–water partition coefficient (Wildman–Crippen LogP) is 0.154. The van der Waals surface area contributed by atoms with Crippen molar-refractivity contribution >= 4 is 5.91 Å². The highest BCUT2D eigenvalue weighted by atomic mass is 16.5. The number of ether oxygens (including phenoxy) is 2. The molecule has 1 unspecified atom stereocenters. The second-order valence-electron chi connectivity index (χ2n) is 4.83. The van der Waals surface area contributed by atoms with Gasteiger partial charge >= 0.3 is 0 Å². The van der Waals surface area contributed by atoms with Crippen LogP contribution in [0.4, 0.5) is 0 Å². The zero-order valence-corrected chi connectivity index (χ0v) is 11.0. The van der Waals surface area contributed by atoms with E-state index in [4.69, 9.17) is 9.47 Å². The van der Waals surface area contributed by atoms with Gasteiger partial charge in [0, 0.05) is 26.2 Å². The Hall–Kier alpha value is -0.650. The Morgan fingerprint density at radius 1 is 1.41 bits per heavy atom. The molecule has 0 saturated carbocycles. The summed E-state index contributed by atoms with van der Waals surface area (Å²) >= 11 is 0. The normalized spacial score (nSPS) is 20.9. The van der Waals surface area contributed by atoms with Crippen LogP contribution in [-0.4, -0.2) is 52.5 Å².